The molecule has 2 amide bonds. The number of nitrogens with zero attached hydrogens (tertiary/aromatic N) is 1. The normalized spacial score (nSPS) is 10.0. The van der Waals surface area contributed by atoms with E-state index in [-0.39, 0.29) is 18.4 Å². The van der Waals surface area contributed by atoms with Crippen LogP contribution in [0.5, 0.6) is 5.75 Å². The van der Waals surface area contributed by atoms with Gasteiger partial charge >= 0.3 is 12.2 Å². The van der Waals surface area contributed by atoms with Crippen LogP contribution in [-0.4, -0.2) is 53.9 Å². The second-order valence-electron chi connectivity index (χ2n) is 4.21. The summed E-state index contributed by atoms with van der Waals surface area (Å²) in [6, 6.07) is 6.43. The lowest BCUT2D eigenvalue weighted by atomic mass is 10.3. The van der Waals surface area contributed by atoms with Crippen LogP contribution in [0.3, 0.4) is 0 Å². The van der Waals surface area contributed by atoms with E-state index in [1.807, 2.05) is 0 Å². The van der Waals surface area contributed by atoms with E-state index >= 15 is 0 Å². The van der Waals surface area contributed by atoms with Crippen LogP contribution in [0.25, 0.3) is 0 Å². The van der Waals surface area contributed by atoms with Gasteiger partial charge in [0.15, 0.2) is 0 Å². The Bertz CT molecular complexity index is 513. The molecule has 0 aliphatic carbocycles. The number of carbonyl (C=O) groups excluding carboxylic acids is 2. The van der Waals surface area contributed by atoms with Gasteiger partial charge in [0.2, 0.25) is 0 Å². The molecule has 0 atom stereocenters. The molecule has 1 aromatic carbocycles. The van der Waals surface area contributed by atoms with Gasteiger partial charge in [-0.25, -0.2) is 9.59 Å². The van der Waals surface area contributed by atoms with Gasteiger partial charge in [0.25, 0.3) is 0 Å². The van der Waals surface area contributed by atoms with Gasteiger partial charge in [-0.15, -0.1) is 23.2 Å². The van der Waals surface area contributed by atoms with Crippen LogP contribution in [0, 0.1) is 0 Å². The van der Waals surface area contributed by atoms with Gasteiger partial charge in [-0.05, 0) is 12.1 Å². The highest BCUT2D eigenvalue weighted by molar-refractivity contribution is 9.09. The van der Waals surface area contributed by atoms with Crippen molar-refractivity contribution in [2.45, 2.75) is 0 Å². The Labute approximate surface area is 153 Å². The number of hydrogen-bond donors (Lipinski definition) is 1. The van der Waals surface area contributed by atoms with Crippen LogP contribution in [0.2, 0.25) is 0 Å². The number of alkyl halides is 3. The number of amides is 2. The van der Waals surface area contributed by atoms with Gasteiger partial charge in [0, 0.05) is 41.9 Å². The summed E-state index contributed by atoms with van der Waals surface area (Å²) in [7, 11) is 0. The van der Waals surface area contributed by atoms with Gasteiger partial charge in [-0.3, -0.25) is 5.32 Å². The van der Waals surface area contributed by atoms with Crippen molar-refractivity contribution in [3.63, 3.8) is 0 Å². The minimum atomic E-state index is -0.584. The van der Waals surface area contributed by atoms with Crippen LogP contribution in [0.1, 0.15) is 0 Å². The highest BCUT2D eigenvalue weighted by atomic mass is 79.9. The number of halogens is 3. The first-order chi connectivity index (χ1) is 11.1. The van der Waals surface area contributed by atoms with Crippen molar-refractivity contribution in [3.05, 3.63) is 24.3 Å². The Morgan fingerprint density at radius 1 is 1.22 bits per heavy atom. The molecule has 6 nitrogen and oxygen atoms in total. The predicted molar refractivity (Wildman–Crippen MR) is 94.2 cm³/mol. The summed E-state index contributed by atoms with van der Waals surface area (Å²) in [5, 5.41) is 3.09. The van der Waals surface area contributed by atoms with Crippen molar-refractivity contribution in [3.8, 4) is 5.75 Å². The quantitative estimate of drug-likeness (QED) is 0.638. The van der Waals surface area contributed by atoms with E-state index < -0.39 is 12.2 Å². The number of rotatable bonds is 8. The van der Waals surface area contributed by atoms with E-state index in [2.05, 4.69) is 21.2 Å². The van der Waals surface area contributed by atoms with E-state index in [1.165, 1.54) is 11.0 Å². The molecular formula is C14H17BrCl2N2O4. The van der Waals surface area contributed by atoms with E-state index in [0.29, 0.717) is 29.9 Å². The topological polar surface area (TPSA) is 67.9 Å². The molecule has 0 fully saturated rings. The maximum atomic E-state index is 12.0. The van der Waals surface area contributed by atoms with Crippen LogP contribution in [0.15, 0.2) is 24.3 Å². The molecule has 0 aliphatic heterocycles. The smallest absolute Gasteiger partial charge is 0.415 e. The monoisotopic (exact) mass is 426 g/mol. The Morgan fingerprint density at radius 2 is 1.91 bits per heavy atom. The molecule has 1 rings (SSSR count). The highest BCUT2D eigenvalue weighted by Gasteiger charge is 2.15. The Morgan fingerprint density at radius 3 is 2.52 bits per heavy atom. The second kappa shape index (κ2) is 11.4. The molecule has 0 radical (unpaired) electrons. The average Bonchev–Trinajstić information content (AvgIpc) is 2.53. The van der Waals surface area contributed by atoms with Gasteiger partial charge in [0.05, 0.1) is 0 Å². The summed E-state index contributed by atoms with van der Waals surface area (Å²) in [6.07, 6.45) is -1.14. The molecule has 0 bridgehead atoms. The maximum Gasteiger partial charge on any atom is 0.415 e. The van der Waals surface area contributed by atoms with Crippen LogP contribution in [-0.2, 0) is 4.74 Å². The molecule has 1 aromatic rings. The van der Waals surface area contributed by atoms with Crippen LogP contribution < -0.4 is 10.1 Å². The van der Waals surface area contributed by atoms with Gasteiger partial charge < -0.3 is 14.4 Å². The minimum Gasteiger partial charge on any atom is -0.448 e. The van der Waals surface area contributed by atoms with Gasteiger partial charge in [0.1, 0.15) is 12.4 Å². The Balaban J connectivity index is 2.65. The molecule has 0 unspecified atom stereocenters. The number of benzene rings is 1. The lowest BCUT2D eigenvalue weighted by Gasteiger charge is -2.19. The number of hydrogen-bond acceptors (Lipinski definition) is 4. The first-order valence-corrected chi connectivity index (χ1v) is 8.98. The van der Waals surface area contributed by atoms with Crippen LogP contribution in [0.4, 0.5) is 15.3 Å². The zero-order valence-corrected chi connectivity index (χ0v) is 15.4. The molecule has 0 saturated heterocycles. The summed E-state index contributed by atoms with van der Waals surface area (Å²) in [5.74, 6) is 0.863. The predicted octanol–water partition coefficient (Wildman–Crippen LogP) is 3.91. The molecule has 23 heavy (non-hydrogen) atoms. The third-order valence-electron chi connectivity index (χ3n) is 2.56. The summed E-state index contributed by atoms with van der Waals surface area (Å²) in [5.41, 5.74) is 0.455. The fourth-order valence-electron chi connectivity index (χ4n) is 1.59. The molecular weight excluding hydrogens is 411 g/mol. The third-order valence-corrected chi connectivity index (χ3v) is 3.22. The Kier molecular flexibility index (Phi) is 9.82. The summed E-state index contributed by atoms with van der Waals surface area (Å²) in [4.78, 5) is 24.9. The number of anilines is 1. The van der Waals surface area contributed by atoms with Crippen molar-refractivity contribution in [1.29, 1.82) is 0 Å². The minimum absolute atomic E-state index is 0.256. The zero-order valence-electron chi connectivity index (χ0n) is 12.3. The van der Waals surface area contributed by atoms with Crippen LogP contribution >= 0.6 is 39.1 Å². The highest BCUT2D eigenvalue weighted by Crippen LogP contribution is 2.18. The fraction of sp³-hybridized carbons (Fsp3) is 0.429. The summed E-state index contributed by atoms with van der Waals surface area (Å²) < 4.78 is 10.1. The van der Waals surface area contributed by atoms with Gasteiger partial charge in [-0.1, -0.05) is 22.0 Å². The van der Waals surface area contributed by atoms with E-state index in [4.69, 9.17) is 32.7 Å². The number of carbonyl (C=O) groups is 2. The van der Waals surface area contributed by atoms with E-state index in [0.717, 1.165) is 0 Å². The summed E-state index contributed by atoms with van der Waals surface area (Å²) >= 11 is 14.4. The van der Waals surface area contributed by atoms with Crippen molar-refractivity contribution in [2.24, 2.45) is 0 Å². The Hall–Kier alpha value is -1.18. The van der Waals surface area contributed by atoms with Crippen molar-refractivity contribution >= 4 is 57.0 Å². The second-order valence-corrected chi connectivity index (χ2v) is 5.76. The number of nitrogens with one attached hydrogen (secondary N) is 1. The molecule has 128 valence electrons. The summed E-state index contributed by atoms with van der Waals surface area (Å²) in [6.45, 7) is 0.931. The third kappa shape index (κ3) is 7.76. The largest absolute Gasteiger partial charge is 0.448 e. The first kappa shape index (κ1) is 19.9. The fourth-order valence-corrected chi connectivity index (χ4v) is 2.16. The molecule has 0 heterocycles. The van der Waals surface area contributed by atoms with E-state index in [1.54, 1.807) is 18.2 Å². The first-order valence-electron chi connectivity index (χ1n) is 6.79. The standard InChI is InChI=1S/C14H17BrCl2N2O4/c15-4-9-22-13(20)18-11-2-1-3-12(10-11)23-14(21)19(7-5-16)8-6-17/h1-3,10H,4-9H2,(H,18,20). The molecule has 0 aromatic heterocycles. The molecule has 0 saturated carbocycles. The lowest BCUT2D eigenvalue weighted by molar-refractivity contribution is 0.158. The SMILES string of the molecule is O=C(Nc1cccc(OC(=O)N(CCCl)CCCl)c1)OCCBr. The molecule has 0 aliphatic rings. The average molecular weight is 428 g/mol. The number of ether oxygens (including phenoxy) is 2. The molecule has 1 N–H and O–H groups in total. The maximum absolute atomic E-state index is 12.0. The van der Waals surface area contributed by atoms with E-state index in [9.17, 15) is 9.59 Å². The molecule has 9 heteroatoms. The molecule has 0 spiro atoms. The van der Waals surface area contributed by atoms with Crippen molar-refractivity contribution in [1.82, 2.24) is 4.90 Å². The van der Waals surface area contributed by atoms with Gasteiger partial charge in [-0.2, -0.15) is 0 Å². The zero-order chi connectivity index (χ0) is 17.1. The van der Waals surface area contributed by atoms with Crippen molar-refractivity contribution in [2.75, 3.05) is 42.1 Å². The lowest BCUT2D eigenvalue weighted by Crippen LogP contribution is -2.36. The van der Waals surface area contributed by atoms with Crippen molar-refractivity contribution < 1.29 is 19.1 Å².